The SMILES string of the molecule is CC(NC(=O)[C@@H](N)C(C)(C)C)c1ccc(NC(=O)c2ccc(F)cc2)cc1. The summed E-state index contributed by atoms with van der Waals surface area (Å²) in [6, 6.07) is 11.7. The van der Waals surface area contributed by atoms with Gasteiger partial charge in [0.2, 0.25) is 5.91 Å². The average Bonchev–Trinajstić information content (AvgIpc) is 2.61. The number of nitrogens with two attached hydrogens (primary N) is 1. The minimum atomic E-state index is -0.603. The molecule has 144 valence electrons. The molecule has 0 heterocycles. The monoisotopic (exact) mass is 371 g/mol. The fraction of sp³-hybridized carbons (Fsp3) is 0.333. The van der Waals surface area contributed by atoms with Crippen molar-refractivity contribution in [1.29, 1.82) is 0 Å². The summed E-state index contributed by atoms with van der Waals surface area (Å²) in [6.45, 7) is 7.63. The highest BCUT2D eigenvalue weighted by Crippen LogP contribution is 2.20. The zero-order valence-electron chi connectivity index (χ0n) is 16.0. The van der Waals surface area contributed by atoms with Crippen LogP contribution >= 0.6 is 0 Å². The normalized spacial score (nSPS) is 13.6. The summed E-state index contributed by atoms with van der Waals surface area (Å²) >= 11 is 0. The zero-order chi connectivity index (χ0) is 20.2. The molecule has 2 atom stereocenters. The van der Waals surface area contributed by atoms with Crippen LogP contribution in [0.15, 0.2) is 48.5 Å². The first-order valence-electron chi connectivity index (χ1n) is 8.81. The largest absolute Gasteiger partial charge is 0.348 e. The number of carbonyl (C=O) groups is 2. The third-order valence-electron chi connectivity index (χ3n) is 4.35. The van der Waals surface area contributed by atoms with Crippen LogP contribution in [0.25, 0.3) is 0 Å². The molecule has 2 aromatic rings. The Morgan fingerprint density at radius 1 is 1.00 bits per heavy atom. The second-order valence-electron chi connectivity index (χ2n) is 7.66. The predicted molar refractivity (Wildman–Crippen MR) is 105 cm³/mol. The number of carbonyl (C=O) groups excluding carboxylic acids is 2. The van der Waals surface area contributed by atoms with E-state index in [0.717, 1.165) is 5.56 Å². The molecule has 0 bridgehead atoms. The van der Waals surface area contributed by atoms with Gasteiger partial charge in [0.15, 0.2) is 0 Å². The first-order valence-corrected chi connectivity index (χ1v) is 8.81. The Morgan fingerprint density at radius 2 is 1.56 bits per heavy atom. The maximum Gasteiger partial charge on any atom is 0.255 e. The lowest BCUT2D eigenvalue weighted by atomic mass is 9.86. The van der Waals surface area contributed by atoms with Crippen molar-refractivity contribution in [3.8, 4) is 0 Å². The van der Waals surface area contributed by atoms with Crippen molar-refractivity contribution in [1.82, 2.24) is 5.32 Å². The molecular weight excluding hydrogens is 345 g/mol. The summed E-state index contributed by atoms with van der Waals surface area (Å²) in [5, 5.41) is 5.66. The molecule has 0 radical (unpaired) electrons. The summed E-state index contributed by atoms with van der Waals surface area (Å²) in [4.78, 5) is 24.4. The first-order chi connectivity index (χ1) is 12.6. The van der Waals surface area contributed by atoms with Crippen molar-refractivity contribution in [2.24, 2.45) is 11.1 Å². The lowest BCUT2D eigenvalue weighted by Crippen LogP contribution is -2.49. The zero-order valence-corrected chi connectivity index (χ0v) is 16.0. The summed E-state index contributed by atoms with van der Waals surface area (Å²) in [5.41, 5.74) is 7.53. The molecule has 0 aliphatic rings. The maximum absolute atomic E-state index is 12.9. The molecule has 0 saturated carbocycles. The van der Waals surface area contributed by atoms with Crippen LogP contribution in [0.3, 0.4) is 0 Å². The van der Waals surface area contributed by atoms with E-state index in [1.54, 1.807) is 12.1 Å². The maximum atomic E-state index is 12.9. The van der Waals surface area contributed by atoms with Crippen LogP contribution < -0.4 is 16.4 Å². The number of rotatable bonds is 5. The molecule has 0 saturated heterocycles. The molecule has 27 heavy (non-hydrogen) atoms. The number of benzene rings is 2. The van der Waals surface area contributed by atoms with E-state index in [0.29, 0.717) is 11.3 Å². The molecule has 6 heteroatoms. The van der Waals surface area contributed by atoms with Gasteiger partial charge in [0, 0.05) is 11.3 Å². The Kier molecular flexibility index (Phi) is 6.33. The summed E-state index contributed by atoms with van der Waals surface area (Å²) in [7, 11) is 0. The molecule has 2 rings (SSSR count). The molecule has 2 aromatic carbocycles. The van der Waals surface area contributed by atoms with E-state index in [9.17, 15) is 14.0 Å². The molecule has 0 aliphatic carbocycles. The number of nitrogens with one attached hydrogen (secondary N) is 2. The first kappa shape index (κ1) is 20.6. The van der Waals surface area contributed by atoms with Gasteiger partial charge in [-0.3, -0.25) is 9.59 Å². The van der Waals surface area contributed by atoms with Gasteiger partial charge in [-0.25, -0.2) is 4.39 Å². The molecule has 5 nitrogen and oxygen atoms in total. The topological polar surface area (TPSA) is 84.2 Å². The molecule has 0 aromatic heterocycles. The van der Waals surface area contributed by atoms with Crippen LogP contribution in [-0.2, 0) is 4.79 Å². The number of amides is 2. The fourth-order valence-electron chi connectivity index (χ4n) is 2.44. The van der Waals surface area contributed by atoms with Gasteiger partial charge in [0.1, 0.15) is 5.82 Å². The number of hydrogen-bond acceptors (Lipinski definition) is 3. The Morgan fingerprint density at radius 3 is 2.07 bits per heavy atom. The summed E-state index contributed by atoms with van der Waals surface area (Å²) in [6.07, 6.45) is 0. The van der Waals surface area contributed by atoms with Crippen LogP contribution in [0, 0.1) is 11.2 Å². The van der Waals surface area contributed by atoms with E-state index in [4.69, 9.17) is 5.73 Å². The van der Waals surface area contributed by atoms with E-state index in [1.807, 2.05) is 39.8 Å². The predicted octanol–water partition coefficient (Wildman–Crippen LogP) is 3.63. The van der Waals surface area contributed by atoms with Gasteiger partial charge < -0.3 is 16.4 Å². The third kappa shape index (κ3) is 5.62. The van der Waals surface area contributed by atoms with Gasteiger partial charge in [0.05, 0.1) is 12.1 Å². The molecule has 4 N–H and O–H groups in total. The average molecular weight is 371 g/mol. The molecular formula is C21H26FN3O2. The molecule has 0 fully saturated rings. The number of halogens is 1. The third-order valence-corrected chi connectivity index (χ3v) is 4.35. The Balaban J connectivity index is 1.99. The second-order valence-corrected chi connectivity index (χ2v) is 7.66. The minimum absolute atomic E-state index is 0.205. The van der Waals surface area contributed by atoms with Gasteiger partial charge in [-0.1, -0.05) is 32.9 Å². The number of hydrogen-bond donors (Lipinski definition) is 3. The molecule has 0 spiro atoms. The van der Waals surface area contributed by atoms with E-state index in [2.05, 4.69) is 10.6 Å². The summed E-state index contributed by atoms with van der Waals surface area (Å²) in [5.74, 6) is -0.915. The van der Waals surface area contributed by atoms with Gasteiger partial charge >= 0.3 is 0 Å². The lowest BCUT2D eigenvalue weighted by molar-refractivity contribution is -0.125. The van der Waals surface area contributed by atoms with Gasteiger partial charge in [-0.05, 0) is 54.3 Å². The van der Waals surface area contributed by atoms with Crippen LogP contribution in [-0.4, -0.2) is 17.9 Å². The van der Waals surface area contributed by atoms with Gasteiger partial charge in [0.25, 0.3) is 5.91 Å². The van der Waals surface area contributed by atoms with E-state index >= 15 is 0 Å². The van der Waals surface area contributed by atoms with Crippen molar-refractivity contribution in [2.45, 2.75) is 39.8 Å². The fourth-order valence-corrected chi connectivity index (χ4v) is 2.44. The van der Waals surface area contributed by atoms with Crippen molar-refractivity contribution >= 4 is 17.5 Å². The highest BCUT2D eigenvalue weighted by Gasteiger charge is 2.28. The van der Waals surface area contributed by atoms with Crippen molar-refractivity contribution in [2.75, 3.05) is 5.32 Å². The number of anilines is 1. The lowest BCUT2D eigenvalue weighted by Gasteiger charge is -2.27. The summed E-state index contributed by atoms with van der Waals surface area (Å²) < 4.78 is 12.9. The quantitative estimate of drug-likeness (QED) is 0.750. The van der Waals surface area contributed by atoms with Gasteiger partial charge in [-0.2, -0.15) is 0 Å². The standard InChI is InChI=1S/C21H26FN3O2/c1-13(24-20(27)18(23)21(2,3)4)14-7-11-17(12-8-14)25-19(26)15-5-9-16(22)10-6-15/h5-13,18H,23H2,1-4H3,(H,24,27)(H,25,26)/t13?,18-/m1/s1. The minimum Gasteiger partial charge on any atom is -0.348 e. The molecule has 2 amide bonds. The van der Waals surface area contributed by atoms with Gasteiger partial charge in [-0.15, -0.1) is 0 Å². The highest BCUT2D eigenvalue weighted by atomic mass is 19.1. The Hall–Kier alpha value is -2.73. The second kappa shape index (κ2) is 8.31. The Labute approximate surface area is 159 Å². The molecule has 0 aliphatic heterocycles. The van der Waals surface area contributed by atoms with Crippen LogP contribution in [0.5, 0.6) is 0 Å². The van der Waals surface area contributed by atoms with Crippen molar-refractivity contribution < 1.29 is 14.0 Å². The highest BCUT2D eigenvalue weighted by molar-refractivity contribution is 6.04. The van der Waals surface area contributed by atoms with E-state index < -0.39 is 11.9 Å². The van der Waals surface area contributed by atoms with E-state index in [1.165, 1.54) is 24.3 Å². The molecule has 1 unspecified atom stereocenters. The van der Waals surface area contributed by atoms with Crippen molar-refractivity contribution in [3.63, 3.8) is 0 Å². The smallest absolute Gasteiger partial charge is 0.255 e. The van der Waals surface area contributed by atoms with E-state index in [-0.39, 0.29) is 23.3 Å². The Bertz CT molecular complexity index is 796. The van der Waals surface area contributed by atoms with Crippen LogP contribution in [0.4, 0.5) is 10.1 Å². The van der Waals surface area contributed by atoms with Crippen LogP contribution in [0.2, 0.25) is 0 Å². The van der Waals surface area contributed by atoms with Crippen molar-refractivity contribution in [3.05, 3.63) is 65.5 Å². The van der Waals surface area contributed by atoms with Crippen LogP contribution in [0.1, 0.15) is 49.7 Å².